The summed E-state index contributed by atoms with van der Waals surface area (Å²) in [6.07, 6.45) is 0. The summed E-state index contributed by atoms with van der Waals surface area (Å²) in [6.45, 7) is 12.5. The van der Waals surface area contributed by atoms with Crippen LogP contribution in [-0.2, 0) is 4.79 Å². The monoisotopic (exact) mass is 316 g/mol. The standard InChI is InChI=1S/C19H28N2O2/c1-14(2)15-6-8-16(9-7-15)17(22)20-10-12-21(13-11-20)18(23)19(3,4)5/h6-9,14H,10-13H2,1-5H3. The largest absolute Gasteiger partial charge is 0.339 e. The minimum absolute atomic E-state index is 0.0585. The summed E-state index contributed by atoms with van der Waals surface area (Å²) in [7, 11) is 0. The second kappa shape index (κ2) is 6.73. The minimum atomic E-state index is -0.362. The van der Waals surface area contributed by atoms with Crippen molar-refractivity contribution in [2.75, 3.05) is 26.2 Å². The Balaban J connectivity index is 1.97. The van der Waals surface area contributed by atoms with E-state index in [1.165, 1.54) is 5.56 Å². The molecular weight excluding hydrogens is 288 g/mol. The maximum absolute atomic E-state index is 12.6. The van der Waals surface area contributed by atoms with Gasteiger partial charge in [0.05, 0.1) is 0 Å². The van der Waals surface area contributed by atoms with Gasteiger partial charge in [0.25, 0.3) is 5.91 Å². The average Bonchev–Trinajstić information content (AvgIpc) is 2.53. The number of nitrogens with zero attached hydrogens (tertiary/aromatic N) is 2. The van der Waals surface area contributed by atoms with Crippen molar-refractivity contribution in [1.82, 2.24) is 9.80 Å². The van der Waals surface area contributed by atoms with Gasteiger partial charge in [0, 0.05) is 37.2 Å². The zero-order valence-electron chi connectivity index (χ0n) is 14.9. The Bertz CT molecular complexity index is 562. The zero-order chi connectivity index (χ0) is 17.2. The van der Waals surface area contributed by atoms with E-state index in [4.69, 9.17) is 0 Å². The summed E-state index contributed by atoms with van der Waals surface area (Å²) in [6, 6.07) is 7.86. The third-order valence-corrected chi connectivity index (χ3v) is 4.32. The van der Waals surface area contributed by atoms with Crippen LogP contribution in [0.2, 0.25) is 0 Å². The molecule has 0 atom stereocenters. The molecular formula is C19H28N2O2. The number of carbonyl (C=O) groups excluding carboxylic acids is 2. The topological polar surface area (TPSA) is 40.6 Å². The quantitative estimate of drug-likeness (QED) is 0.841. The maximum Gasteiger partial charge on any atom is 0.253 e. The molecule has 4 nitrogen and oxygen atoms in total. The summed E-state index contributed by atoms with van der Waals surface area (Å²) in [5.41, 5.74) is 1.60. The molecule has 2 rings (SSSR count). The van der Waals surface area contributed by atoms with Crippen molar-refractivity contribution in [2.45, 2.75) is 40.5 Å². The first-order valence-corrected chi connectivity index (χ1v) is 8.39. The van der Waals surface area contributed by atoms with Gasteiger partial charge in [-0.3, -0.25) is 9.59 Å². The van der Waals surface area contributed by atoms with Crippen LogP contribution in [0.15, 0.2) is 24.3 Å². The SMILES string of the molecule is CC(C)c1ccc(C(=O)N2CCN(C(=O)C(C)(C)C)CC2)cc1. The van der Waals surface area contributed by atoms with Crippen molar-refractivity contribution in [3.8, 4) is 0 Å². The highest BCUT2D eigenvalue weighted by atomic mass is 16.2. The van der Waals surface area contributed by atoms with Crippen molar-refractivity contribution >= 4 is 11.8 Å². The lowest BCUT2D eigenvalue weighted by Crippen LogP contribution is -2.53. The number of carbonyl (C=O) groups is 2. The molecule has 1 aliphatic heterocycles. The van der Waals surface area contributed by atoms with Crippen molar-refractivity contribution in [1.29, 1.82) is 0 Å². The van der Waals surface area contributed by atoms with Crippen LogP contribution in [-0.4, -0.2) is 47.8 Å². The van der Waals surface area contributed by atoms with Gasteiger partial charge in [0.1, 0.15) is 0 Å². The summed E-state index contributed by atoms with van der Waals surface area (Å²) in [5, 5.41) is 0. The highest BCUT2D eigenvalue weighted by Gasteiger charge is 2.31. The predicted octanol–water partition coefficient (Wildman–Crippen LogP) is 3.14. The van der Waals surface area contributed by atoms with Crippen LogP contribution in [0.1, 0.15) is 56.5 Å². The van der Waals surface area contributed by atoms with E-state index in [9.17, 15) is 9.59 Å². The van der Waals surface area contributed by atoms with E-state index in [0.29, 0.717) is 32.1 Å². The first kappa shape index (κ1) is 17.5. The second-order valence-corrected chi connectivity index (χ2v) is 7.61. The summed E-state index contributed by atoms with van der Waals surface area (Å²) >= 11 is 0. The van der Waals surface area contributed by atoms with Crippen LogP contribution in [0.4, 0.5) is 0 Å². The lowest BCUT2D eigenvalue weighted by atomic mass is 9.94. The Morgan fingerprint density at radius 2 is 1.39 bits per heavy atom. The van der Waals surface area contributed by atoms with Crippen molar-refractivity contribution in [3.05, 3.63) is 35.4 Å². The molecule has 0 saturated carbocycles. The number of hydrogen-bond acceptors (Lipinski definition) is 2. The Morgan fingerprint density at radius 3 is 1.83 bits per heavy atom. The average molecular weight is 316 g/mol. The first-order valence-electron chi connectivity index (χ1n) is 8.39. The van der Waals surface area contributed by atoms with E-state index in [0.717, 1.165) is 5.56 Å². The molecule has 1 heterocycles. The number of rotatable bonds is 2. The third-order valence-electron chi connectivity index (χ3n) is 4.32. The second-order valence-electron chi connectivity index (χ2n) is 7.61. The van der Waals surface area contributed by atoms with E-state index < -0.39 is 0 Å². The van der Waals surface area contributed by atoms with Gasteiger partial charge < -0.3 is 9.80 Å². The predicted molar refractivity (Wildman–Crippen MR) is 92.5 cm³/mol. The van der Waals surface area contributed by atoms with Gasteiger partial charge in [0.2, 0.25) is 5.91 Å². The van der Waals surface area contributed by atoms with E-state index in [2.05, 4.69) is 13.8 Å². The van der Waals surface area contributed by atoms with Crippen molar-refractivity contribution in [2.24, 2.45) is 5.41 Å². The fourth-order valence-electron chi connectivity index (χ4n) is 2.78. The molecule has 0 radical (unpaired) electrons. The molecule has 4 heteroatoms. The molecule has 2 amide bonds. The van der Waals surface area contributed by atoms with Gasteiger partial charge in [-0.15, -0.1) is 0 Å². The molecule has 0 aliphatic carbocycles. The van der Waals surface area contributed by atoms with Gasteiger partial charge in [0.15, 0.2) is 0 Å². The molecule has 0 bridgehead atoms. The smallest absolute Gasteiger partial charge is 0.253 e. The molecule has 1 aromatic carbocycles. The van der Waals surface area contributed by atoms with Crippen molar-refractivity contribution < 1.29 is 9.59 Å². The summed E-state index contributed by atoms with van der Waals surface area (Å²) < 4.78 is 0. The van der Waals surface area contributed by atoms with E-state index >= 15 is 0 Å². The minimum Gasteiger partial charge on any atom is -0.339 e. The normalized spacial score (nSPS) is 15.9. The highest BCUT2D eigenvalue weighted by Crippen LogP contribution is 2.20. The van der Waals surface area contributed by atoms with Gasteiger partial charge in [-0.1, -0.05) is 46.8 Å². The molecule has 1 aromatic rings. The van der Waals surface area contributed by atoms with Crippen LogP contribution in [0.3, 0.4) is 0 Å². The van der Waals surface area contributed by atoms with Gasteiger partial charge in [-0.2, -0.15) is 0 Å². The maximum atomic E-state index is 12.6. The molecule has 0 unspecified atom stereocenters. The molecule has 0 spiro atoms. The summed E-state index contributed by atoms with van der Waals surface area (Å²) in [4.78, 5) is 28.6. The van der Waals surface area contributed by atoms with Gasteiger partial charge in [-0.25, -0.2) is 0 Å². The van der Waals surface area contributed by atoms with Crippen LogP contribution >= 0.6 is 0 Å². The molecule has 23 heavy (non-hydrogen) atoms. The first-order chi connectivity index (χ1) is 10.7. The Kier molecular flexibility index (Phi) is 5.12. The number of piperazine rings is 1. The number of benzene rings is 1. The molecule has 0 aromatic heterocycles. The van der Waals surface area contributed by atoms with Crippen LogP contribution < -0.4 is 0 Å². The molecule has 126 valence electrons. The number of hydrogen-bond donors (Lipinski definition) is 0. The fourth-order valence-corrected chi connectivity index (χ4v) is 2.78. The molecule has 1 fully saturated rings. The highest BCUT2D eigenvalue weighted by molar-refractivity contribution is 5.94. The Labute approximate surface area is 139 Å². The van der Waals surface area contributed by atoms with Gasteiger partial charge >= 0.3 is 0 Å². The molecule has 1 aliphatic rings. The lowest BCUT2D eigenvalue weighted by molar-refractivity contribution is -0.140. The zero-order valence-corrected chi connectivity index (χ0v) is 14.9. The van der Waals surface area contributed by atoms with Crippen LogP contribution in [0, 0.1) is 5.41 Å². The van der Waals surface area contributed by atoms with E-state index in [1.54, 1.807) is 0 Å². The van der Waals surface area contributed by atoms with E-state index in [1.807, 2.05) is 54.8 Å². The Hall–Kier alpha value is -1.84. The van der Waals surface area contributed by atoms with E-state index in [-0.39, 0.29) is 17.2 Å². The lowest BCUT2D eigenvalue weighted by Gasteiger charge is -2.37. The van der Waals surface area contributed by atoms with Gasteiger partial charge in [-0.05, 0) is 23.6 Å². The molecule has 0 N–H and O–H groups in total. The van der Waals surface area contributed by atoms with Crippen LogP contribution in [0.5, 0.6) is 0 Å². The van der Waals surface area contributed by atoms with Crippen molar-refractivity contribution in [3.63, 3.8) is 0 Å². The number of amides is 2. The van der Waals surface area contributed by atoms with Crippen LogP contribution in [0.25, 0.3) is 0 Å². The third kappa shape index (κ3) is 4.12. The fraction of sp³-hybridized carbons (Fsp3) is 0.579. The summed E-state index contributed by atoms with van der Waals surface area (Å²) in [5.74, 6) is 0.681. The Morgan fingerprint density at radius 1 is 0.913 bits per heavy atom. The molecule has 1 saturated heterocycles.